The molecule has 0 bridgehead atoms. The van der Waals surface area contributed by atoms with Gasteiger partial charge in [-0.25, -0.2) is 8.78 Å². The monoisotopic (exact) mass is 150 g/mol. The van der Waals surface area contributed by atoms with Crippen molar-refractivity contribution in [2.45, 2.75) is 46.0 Å². The molecular weight excluding hydrogens is 134 g/mol. The van der Waals surface area contributed by atoms with Gasteiger partial charge in [0.05, 0.1) is 0 Å². The Labute approximate surface area is 61.6 Å². The highest BCUT2D eigenvalue weighted by Crippen LogP contribution is 2.29. The third kappa shape index (κ3) is 1.93. The smallest absolute Gasteiger partial charge is 0.141 e. The minimum absolute atomic E-state index is 0.201. The average Bonchev–Trinajstić information content (AvgIpc) is 1.86. The van der Waals surface area contributed by atoms with Crippen LogP contribution in [0.15, 0.2) is 0 Å². The Balaban J connectivity index is 4.09. The second kappa shape index (κ2) is 3.31. The second-order valence-electron chi connectivity index (χ2n) is 3.08. The zero-order valence-corrected chi connectivity index (χ0v) is 7.12. The lowest BCUT2D eigenvalue weighted by atomic mass is 9.87. The fourth-order valence-electron chi connectivity index (χ4n) is 0.791. The summed E-state index contributed by atoms with van der Waals surface area (Å²) < 4.78 is 25.8. The van der Waals surface area contributed by atoms with Gasteiger partial charge in [-0.3, -0.25) is 0 Å². The number of hydrogen-bond acceptors (Lipinski definition) is 0. The fraction of sp³-hybridized carbons (Fsp3) is 1.00. The Hall–Kier alpha value is -0.140. The fourth-order valence-corrected chi connectivity index (χ4v) is 0.791. The van der Waals surface area contributed by atoms with Crippen LogP contribution in [-0.4, -0.2) is 11.8 Å². The minimum atomic E-state index is -1.66. The van der Waals surface area contributed by atoms with Crippen molar-refractivity contribution in [1.82, 2.24) is 0 Å². The number of hydrogen-bond donors (Lipinski definition) is 0. The molecule has 0 aromatic heterocycles. The standard InChI is InChI=1S/C8H16F2/c1-5-6(2)8(4,10)7(3)9/h6-7H,5H2,1-4H3. The Morgan fingerprint density at radius 1 is 1.40 bits per heavy atom. The molecule has 0 spiro atoms. The van der Waals surface area contributed by atoms with Gasteiger partial charge >= 0.3 is 0 Å². The Bertz CT molecular complexity index is 97.4. The van der Waals surface area contributed by atoms with Crippen LogP contribution in [-0.2, 0) is 0 Å². The zero-order chi connectivity index (χ0) is 8.36. The molecule has 0 fully saturated rings. The predicted octanol–water partition coefficient (Wildman–Crippen LogP) is 3.12. The molecule has 0 aromatic carbocycles. The molecule has 0 saturated heterocycles. The highest BCUT2D eigenvalue weighted by molar-refractivity contribution is 4.84. The molecule has 0 aromatic rings. The highest BCUT2D eigenvalue weighted by Gasteiger charge is 2.35. The average molecular weight is 150 g/mol. The minimum Gasteiger partial charge on any atom is -0.244 e. The van der Waals surface area contributed by atoms with E-state index in [9.17, 15) is 8.78 Å². The largest absolute Gasteiger partial charge is 0.244 e. The molecule has 0 aliphatic carbocycles. The summed E-state index contributed by atoms with van der Waals surface area (Å²) in [6, 6.07) is 0. The molecule has 0 nitrogen and oxygen atoms in total. The van der Waals surface area contributed by atoms with E-state index >= 15 is 0 Å². The van der Waals surface area contributed by atoms with E-state index in [-0.39, 0.29) is 5.92 Å². The van der Waals surface area contributed by atoms with Crippen LogP contribution < -0.4 is 0 Å². The third-order valence-electron chi connectivity index (χ3n) is 2.35. The van der Waals surface area contributed by atoms with E-state index < -0.39 is 11.8 Å². The highest BCUT2D eigenvalue weighted by atomic mass is 19.2. The van der Waals surface area contributed by atoms with Gasteiger partial charge in [-0.1, -0.05) is 20.3 Å². The van der Waals surface area contributed by atoms with E-state index in [0.29, 0.717) is 6.42 Å². The van der Waals surface area contributed by atoms with Gasteiger partial charge in [0.25, 0.3) is 0 Å². The van der Waals surface area contributed by atoms with Crippen molar-refractivity contribution in [3.05, 3.63) is 0 Å². The molecule has 62 valence electrons. The van der Waals surface area contributed by atoms with Crippen LogP contribution in [0.3, 0.4) is 0 Å². The van der Waals surface area contributed by atoms with Crippen molar-refractivity contribution >= 4 is 0 Å². The SMILES string of the molecule is CCC(C)C(C)(F)C(C)F. The van der Waals surface area contributed by atoms with Gasteiger partial charge in [0.2, 0.25) is 0 Å². The summed E-state index contributed by atoms with van der Waals surface area (Å²) in [5.74, 6) is -0.201. The number of alkyl halides is 2. The molecule has 0 aliphatic heterocycles. The number of halogens is 2. The Kier molecular flexibility index (Phi) is 3.26. The molecule has 3 atom stereocenters. The van der Waals surface area contributed by atoms with E-state index in [1.807, 2.05) is 6.92 Å². The first-order valence-corrected chi connectivity index (χ1v) is 3.75. The maximum Gasteiger partial charge on any atom is 0.141 e. The molecule has 2 heteroatoms. The first-order chi connectivity index (χ1) is 4.42. The van der Waals surface area contributed by atoms with Crippen LogP contribution in [0.5, 0.6) is 0 Å². The summed E-state index contributed by atoms with van der Waals surface area (Å²) in [6.45, 7) is 6.19. The Morgan fingerprint density at radius 2 is 1.80 bits per heavy atom. The Morgan fingerprint density at radius 3 is 1.90 bits per heavy atom. The maximum atomic E-state index is 13.2. The van der Waals surface area contributed by atoms with E-state index in [1.54, 1.807) is 6.92 Å². The molecule has 10 heavy (non-hydrogen) atoms. The van der Waals surface area contributed by atoms with Crippen molar-refractivity contribution in [2.24, 2.45) is 5.92 Å². The van der Waals surface area contributed by atoms with Crippen molar-refractivity contribution in [2.75, 3.05) is 0 Å². The topological polar surface area (TPSA) is 0 Å². The van der Waals surface area contributed by atoms with Crippen LogP contribution in [0.2, 0.25) is 0 Å². The lowest BCUT2D eigenvalue weighted by Crippen LogP contribution is -2.36. The van der Waals surface area contributed by atoms with E-state index in [0.717, 1.165) is 0 Å². The summed E-state index contributed by atoms with van der Waals surface area (Å²) in [6.07, 6.45) is -0.691. The molecule has 0 saturated carbocycles. The normalized spacial score (nSPS) is 23.4. The quantitative estimate of drug-likeness (QED) is 0.579. The van der Waals surface area contributed by atoms with Gasteiger partial charge < -0.3 is 0 Å². The van der Waals surface area contributed by atoms with Gasteiger partial charge in [0, 0.05) is 0 Å². The van der Waals surface area contributed by atoms with E-state index in [2.05, 4.69) is 0 Å². The third-order valence-corrected chi connectivity index (χ3v) is 2.35. The van der Waals surface area contributed by atoms with Crippen molar-refractivity contribution in [1.29, 1.82) is 0 Å². The van der Waals surface area contributed by atoms with Crippen LogP contribution in [0.4, 0.5) is 8.78 Å². The van der Waals surface area contributed by atoms with Gasteiger partial charge in [-0.2, -0.15) is 0 Å². The van der Waals surface area contributed by atoms with E-state index in [1.165, 1.54) is 13.8 Å². The van der Waals surface area contributed by atoms with Crippen molar-refractivity contribution in [3.8, 4) is 0 Å². The molecule has 0 aliphatic rings. The molecule has 0 rings (SSSR count). The van der Waals surface area contributed by atoms with Gasteiger partial charge in [-0.15, -0.1) is 0 Å². The van der Waals surface area contributed by atoms with E-state index in [4.69, 9.17) is 0 Å². The van der Waals surface area contributed by atoms with Gasteiger partial charge in [0.1, 0.15) is 11.8 Å². The molecule has 3 unspecified atom stereocenters. The van der Waals surface area contributed by atoms with Crippen LogP contribution in [0.1, 0.15) is 34.1 Å². The summed E-state index contributed by atoms with van der Waals surface area (Å²) in [7, 11) is 0. The summed E-state index contributed by atoms with van der Waals surface area (Å²) in [4.78, 5) is 0. The predicted molar refractivity (Wildman–Crippen MR) is 39.5 cm³/mol. The first kappa shape index (κ1) is 9.86. The molecule has 0 heterocycles. The molecule has 0 amide bonds. The maximum absolute atomic E-state index is 13.2. The van der Waals surface area contributed by atoms with Crippen molar-refractivity contribution < 1.29 is 8.78 Å². The first-order valence-electron chi connectivity index (χ1n) is 3.75. The van der Waals surface area contributed by atoms with Crippen LogP contribution in [0.25, 0.3) is 0 Å². The summed E-state index contributed by atoms with van der Waals surface area (Å²) in [5.41, 5.74) is -1.66. The number of rotatable bonds is 3. The lowest BCUT2D eigenvalue weighted by molar-refractivity contribution is 0.0253. The lowest BCUT2D eigenvalue weighted by Gasteiger charge is -2.27. The summed E-state index contributed by atoms with van der Waals surface area (Å²) >= 11 is 0. The van der Waals surface area contributed by atoms with Crippen molar-refractivity contribution in [3.63, 3.8) is 0 Å². The van der Waals surface area contributed by atoms with Crippen LogP contribution >= 0.6 is 0 Å². The molecule has 0 N–H and O–H groups in total. The zero-order valence-electron chi connectivity index (χ0n) is 7.12. The van der Waals surface area contributed by atoms with Gasteiger partial charge in [0.15, 0.2) is 0 Å². The van der Waals surface area contributed by atoms with Gasteiger partial charge in [-0.05, 0) is 19.8 Å². The molecular formula is C8H16F2. The molecule has 0 radical (unpaired) electrons. The second-order valence-corrected chi connectivity index (χ2v) is 3.08. The summed E-state index contributed by atoms with van der Waals surface area (Å²) in [5, 5.41) is 0. The van der Waals surface area contributed by atoms with Crippen LogP contribution in [0, 0.1) is 5.92 Å².